The van der Waals surface area contributed by atoms with Gasteiger partial charge in [-0.15, -0.1) is 0 Å². The number of hydrogen-bond donors (Lipinski definition) is 2. The van der Waals surface area contributed by atoms with Gasteiger partial charge in [0.1, 0.15) is 11.0 Å². The van der Waals surface area contributed by atoms with Gasteiger partial charge in [-0.3, -0.25) is 4.79 Å². The van der Waals surface area contributed by atoms with Gasteiger partial charge in [0, 0.05) is 18.7 Å². The zero-order valence-electron chi connectivity index (χ0n) is 11.9. The summed E-state index contributed by atoms with van der Waals surface area (Å²) in [6, 6.07) is 4.91. The first kappa shape index (κ1) is 16.7. The number of carbonyl (C=O) groups is 1. The van der Waals surface area contributed by atoms with Crippen molar-refractivity contribution < 1.29 is 4.79 Å². The molecule has 0 aliphatic carbocycles. The number of halogens is 1. The molecule has 1 atom stereocenters. The predicted octanol–water partition coefficient (Wildman–Crippen LogP) is 2.64. The van der Waals surface area contributed by atoms with Gasteiger partial charge in [-0.2, -0.15) is 0 Å². The maximum absolute atomic E-state index is 12.2. The van der Waals surface area contributed by atoms with E-state index in [4.69, 9.17) is 29.6 Å². The summed E-state index contributed by atoms with van der Waals surface area (Å²) in [6.07, 6.45) is 0. The fourth-order valence-corrected chi connectivity index (χ4v) is 2.25. The Balaban J connectivity index is 2.83. The molecule has 3 N–H and O–H groups in total. The molecule has 20 heavy (non-hydrogen) atoms. The lowest BCUT2D eigenvalue weighted by molar-refractivity contribution is -0.131. The first-order valence-corrected chi connectivity index (χ1v) is 7.34. The van der Waals surface area contributed by atoms with Gasteiger partial charge in [-0.1, -0.05) is 23.8 Å². The van der Waals surface area contributed by atoms with Gasteiger partial charge in [0.2, 0.25) is 5.91 Å². The number of nitrogens with zero attached hydrogens (tertiary/aromatic N) is 1. The summed E-state index contributed by atoms with van der Waals surface area (Å²) in [4.78, 5) is 14.2. The van der Waals surface area contributed by atoms with Crippen LogP contribution in [0.2, 0.25) is 5.02 Å². The van der Waals surface area contributed by atoms with E-state index in [2.05, 4.69) is 5.32 Å². The summed E-state index contributed by atoms with van der Waals surface area (Å²) in [5.41, 5.74) is 6.95. The highest BCUT2D eigenvalue weighted by atomic mass is 35.5. The Bertz CT molecular complexity index is 503. The van der Waals surface area contributed by atoms with E-state index in [1.54, 1.807) is 23.1 Å². The fourth-order valence-electron chi connectivity index (χ4n) is 1.89. The van der Waals surface area contributed by atoms with Crippen LogP contribution in [0.15, 0.2) is 18.2 Å². The molecule has 1 aromatic rings. The van der Waals surface area contributed by atoms with Crippen molar-refractivity contribution in [2.24, 2.45) is 5.73 Å². The number of nitrogens with two attached hydrogens (primary N) is 1. The molecule has 110 valence electrons. The quantitative estimate of drug-likeness (QED) is 0.793. The third-order valence-corrected chi connectivity index (χ3v) is 3.62. The van der Waals surface area contributed by atoms with Crippen LogP contribution in [0.1, 0.15) is 26.3 Å². The third-order valence-electron chi connectivity index (χ3n) is 3.07. The molecule has 4 nitrogen and oxygen atoms in total. The molecule has 1 unspecified atom stereocenters. The van der Waals surface area contributed by atoms with Crippen molar-refractivity contribution in [2.45, 2.75) is 26.8 Å². The van der Waals surface area contributed by atoms with Crippen LogP contribution < -0.4 is 11.1 Å². The Morgan fingerprint density at radius 1 is 1.45 bits per heavy atom. The highest BCUT2D eigenvalue weighted by Gasteiger charge is 2.18. The Labute approximate surface area is 130 Å². The van der Waals surface area contributed by atoms with E-state index in [9.17, 15) is 4.79 Å². The second-order valence-electron chi connectivity index (χ2n) is 4.44. The van der Waals surface area contributed by atoms with Gasteiger partial charge in [-0.25, -0.2) is 0 Å². The minimum atomic E-state index is -0.344. The minimum absolute atomic E-state index is 0.0458. The predicted molar refractivity (Wildman–Crippen MR) is 88.4 cm³/mol. The topological polar surface area (TPSA) is 58.4 Å². The van der Waals surface area contributed by atoms with Gasteiger partial charge in [-0.05, 0) is 39.0 Å². The average molecular weight is 314 g/mol. The molecular formula is C14H20ClN3OS. The van der Waals surface area contributed by atoms with Crippen molar-refractivity contribution in [3.63, 3.8) is 0 Å². The normalized spacial score (nSPS) is 11.8. The summed E-state index contributed by atoms with van der Waals surface area (Å²) in [7, 11) is 0. The van der Waals surface area contributed by atoms with Gasteiger partial charge in [0.15, 0.2) is 0 Å². The van der Waals surface area contributed by atoms with Crippen molar-refractivity contribution in [3.05, 3.63) is 28.8 Å². The van der Waals surface area contributed by atoms with E-state index in [1.807, 2.05) is 20.8 Å². The Morgan fingerprint density at radius 3 is 2.50 bits per heavy atom. The molecule has 1 amide bonds. The number of amides is 1. The Hall–Kier alpha value is -1.33. The molecule has 1 aromatic carbocycles. The van der Waals surface area contributed by atoms with Crippen LogP contribution in [-0.2, 0) is 4.79 Å². The number of rotatable bonds is 6. The standard InChI is InChI=1S/C14H20ClN3OS/c1-4-18(5-2)14(19)9(3)17-12-7-6-10(13(16)20)8-11(12)15/h6-9,17H,4-5H2,1-3H3,(H2,16,20). The van der Waals surface area contributed by atoms with Crippen molar-refractivity contribution in [1.29, 1.82) is 0 Å². The smallest absolute Gasteiger partial charge is 0.244 e. The van der Waals surface area contributed by atoms with Gasteiger partial charge >= 0.3 is 0 Å². The third kappa shape index (κ3) is 4.08. The number of hydrogen-bond acceptors (Lipinski definition) is 3. The van der Waals surface area contributed by atoms with Crippen molar-refractivity contribution in [2.75, 3.05) is 18.4 Å². The second kappa shape index (κ2) is 7.45. The highest BCUT2D eigenvalue weighted by molar-refractivity contribution is 7.80. The van der Waals surface area contributed by atoms with E-state index in [0.29, 0.717) is 34.4 Å². The molecule has 0 radical (unpaired) electrons. The summed E-state index contributed by atoms with van der Waals surface area (Å²) < 4.78 is 0. The van der Waals surface area contributed by atoms with E-state index in [1.165, 1.54) is 0 Å². The van der Waals surface area contributed by atoms with Crippen LogP contribution in [0.5, 0.6) is 0 Å². The summed E-state index contributed by atoms with van der Waals surface area (Å²) in [5.74, 6) is 0.0458. The van der Waals surface area contributed by atoms with Gasteiger partial charge < -0.3 is 16.0 Å². The van der Waals surface area contributed by atoms with E-state index >= 15 is 0 Å². The maximum atomic E-state index is 12.2. The van der Waals surface area contributed by atoms with Gasteiger partial charge in [0.25, 0.3) is 0 Å². The first-order valence-electron chi connectivity index (χ1n) is 6.55. The zero-order valence-corrected chi connectivity index (χ0v) is 13.5. The van der Waals surface area contributed by atoms with E-state index < -0.39 is 0 Å². The molecule has 0 saturated heterocycles. The highest BCUT2D eigenvalue weighted by Crippen LogP contribution is 2.24. The SMILES string of the molecule is CCN(CC)C(=O)C(C)Nc1ccc(C(N)=S)cc1Cl. The molecule has 0 fully saturated rings. The molecule has 1 rings (SSSR count). The lowest BCUT2D eigenvalue weighted by atomic mass is 10.2. The molecule has 6 heteroatoms. The van der Waals surface area contributed by atoms with Crippen LogP contribution in [0.4, 0.5) is 5.69 Å². The molecule has 0 bridgehead atoms. The maximum Gasteiger partial charge on any atom is 0.244 e. The lowest BCUT2D eigenvalue weighted by Gasteiger charge is -2.24. The first-order chi connectivity index (χ1) is 9.40. The number of thiocarbonyl (C=S) groups is 1. The summed E-state index contributed by atoms with van der Waals surface area (Å²) >= 11 is 11.1. The van der Waals surface area contributed by atoms with Crippen LogP contribution in [0.3, 0.4) is 0 Å². The molecule has 0 aliphatic heterocycles. The van der Waals surface area contributed by atoms with Crippen LogP contribution in [0.25, 0.3) is 0 Å². The van der Waals surface area contributed by atoms with E-state index in [0.717, 1.165) is 0 Å². The monoisotopic (exact) mass is 313 g/mol. The van der Waals surface area contributed by atoms with Crippen LogP contribution in [0, 0.1) is 0 Å². The molecule has 0 heterocycles. The molecule has 0 spiro atoms. The molecule has 0 aliphatic rings. The fraction of sp³-hybridized carbons (Fsp3) is 0.429. The van der Waals surface area contributed by atoms with Crippen molar-refractivity contribution >= 4 is 40.4 Å². The molecule has 0 saturated carbocycles. The number of likely N-dealkylation sites (N-methyl/N-ethyl adjacent to an activating group) is 1. The van der Waals surface area contributed by atoms with Crippen LogP contribution in [-0.4, -0.2) is 34.9 Å². The van der Waals surface area contributed by atoms with Crippen molar-refractivity contribution in [1.82, 2.24) is 4.90 Å². The number of nitrogens with one attached hydrogen (secondary N) is 1. The summed E-state index contributed by atoms with van der Waals surface area (Å²) in [6.45, 7) is 7.11. The minimum Gasteiger partial charge on any atom is -0.389 e. The number of anilines is 1. The van der Waals surface area contributed by atoms with Crippen LogP contribution >= 0.6 is 23.8 Å². The summed E-state index contributed by atoms with van der Waals surface area (Å²) in [5, 5.41) is 3.61. The zero-order chi connectivity index (χ0) is 15.3. The molecule has 0 aromatic heterocycles. The largest absolute Gasteiger partial charge is 0.389 e. The molecular weight excluding hydrogens is 294 g/mol. The van der Waals surface area contributed by atoms with E-state index in [-0.39, 0.29) is 11.9 Å². The number of benzene rings is 1. The second-order valence-corrected chi connectivity index (χ2v) is 5.28. The Morgan fingerprint density at radius 2 is 2.05 bits per heavy atom. The Kier molecular flexibility index (Phi) is 6.23. The van der Waals surface area contributed by atoms with Crippen molar-refractivity contribution in [3.8, 4) is 0 Å². The van der Waals surface area contributed by atoms with Gasteiger partial charge in [0.05, 0.1) is 10.7 Å². The average Bonchev–Trinajstić information content (AvgIpc) is 2.41. The lowest BCUT2D eigenvalue weighted by Crippen LogP contribution is -2.41. The number of carbonyl (C=O) groups excluding carboxylic acids is 1.